The molecule has 0 atom stereocenters. The van der Waals surface area contributed by atoms with Crippen molar-refractivity contribution in [2.45, 2.75) is 39.0 Å². The van der Waals surface area contributed by atoms with Crippen molar-refractivity contribution < 1.29 is 14.3 Å². The van der Waals surface area contributed by atoms with E-state index in [4.69, 9.17) is 18.0 Å². The lowest BCUT2D eigenvalue weighted by Gasteiger charge is -2.05. The molecule has 0 spiro atoms. The van der Waals surface area contributed by atoms with Crippen LogP contribution in [-0.4, -0.2) is 35.5 Å². The van der Waals surface area contributed by atoms with E-state index in [-0.39, 0.29) is 11.9 Å². The van der Waals surface area contributed by atoms with Crippen molar-refractivity contribution >= 4 is 40.0 Å². The van der Waals surface area contributed by atoms with Crippen molar-refractivity contribution in [2.75, 3.05) is 13.7 Å². The fourth-order valence-corrected chi connectivity index (χ4v) is 2.97. The minimum atomic E-state index is -0.175. The van der Waals surface area contributed by atoms with Crippen LogP contribution in [0, 0.1) is 6.92 Å². The second-order valence-electron chi connectivity index (χ2n) is 6.25. The van der Waals surface area contributed by atoms with E-state index in [2.05, 4.69) is 15.0 Å². The summed E-state index contributed by atoms with van der Waals surface area (Å²) < 4.78 is 4.60. The summed E-state index contributed by atoms with van der Waals surface area (Å²) in [6, 6.07) is 5.63. The molecule has 2 rings (SSSR count). The molecule has 1 aromatic heterocycles. The summed E-state index contributed by atoms with van der Waals surface area (Å²) in [7, 11) is 1.40. The van der Waals surface area contributed by atoms with Crippen LogP contribution in [0.5, 0.6) is 0 Å². The molecule has 1 amide bonds. The van der Waals surface area contributed by atoms with Gasteiger partial charge in [-0.3, -0.25) is 9.59 Å². The molecule has 0 saturated carbocycles. The Bertz CT molecular complexity index is 814. The number of hydrogen-bond donors (Lipinski definition) is 3. The first kappa shape index (κ1) is 19.9. The molecule has 0 aliphatic carbocycles. The number of rotatable bonds is 9. The van der Waals surface area contributed by atoms with Crippen molar-refractivity contribution in [1.29, 1.82) is 0 Å². The maximum absolute atomic E-state index is 12.4. The maximum Gasteiger partial charge on any atom is 0.305 e. The molecule has 0 aliphatic heterocycles. The van der Waals surface area contributed by atoms with E-state index in [1.165, 1.54) is 7.11 Å². The Kier molecular flexibility index (Phi) is 7.15. The Morgan fingerprint density at radius 1 is 1.23 bits per heavy atom. The molecule has 7 heteroatoms. The summed E-state index contributed by atoms with van der Waals surface area (Å²) >= 11 is 5.01. The number of nitrogens with one attached hydrogen (secondary N) is 2. The quantitative estimate of drug-likeness (QED) is 0.356. The number of hydrogen-bond acceptors (Lipinski definition) is 4. The van der Waals surface area contributed by atoms with E-state index in [0.717, 1.165) is 47.7 Å². The van der Waals surface area contributed by atoms with Gasteiger partial charge < -0.3 is 20.8 Å². The summed E-state index contributed by atoms with van der Waals surface area (Å²) in [6.07, 6.45) is 4.04. The predicted molar refractivity (Wildman–Crippen MR) is 106 cm³/mol. The second kappa shape index (κ2) is 9.33. The number of esters is 1. The van der Waals surface area contributed by atoms with E-state index < -0.39 is 0 Å². The van der Waals surface area contributed by atoms with Crippen molar-refractivity contribution in [3.05, 3.63) is 35.0 Å². The molecule has 0 fully saturated rings. The van der Waals surface area contributed by atoms with Gasteiger partial charge in [0, 0.05) is 29.4 Å². The number of aromatic amines is 1. The molecule has 1 aromatic carbocycles. The first-order valence-electron chi connectivity index (χ1n) is 8.71. The summed E-state index contributed by atoms with van der Waals surface area (Å²) in [5, 5.41) is 3.88. The topological polar surface area (TPSA) is 97.2 Å². The third kappa shape index (κ3) is 5.05. The highest BCUT2D eigenvalue weighted by atomic mass is 32.1. The van der Waals surface area contributed by atoms with Crippen molar-refractivity contribution in [2.24, 2.45) is 5.73 Å². The minimum Gasteiger partial charge on any atom is -0.469 e. The summed E-state index contributed by atoms with van der Waals surface area (Å²) in [5.41, 5.74) is 8.79. The Balaban J connectivity index is 1.85. The maximum atomic E-state index is 12.4. The number of carbonyl (C=O) groups excluding carboxylic acids is 2. The summed E-state index contributed by atoms with van der Waals surface area (Å²) in [4.78, 5) is 26.9. The molecule has 0 radical (unpaired) electrons. The van der Waals surface area contributed by atoms with Gasteiger partial charge in [-0.05, 0) is 43.5 Å². The van der Waals surface area contributed by atoms with Gasteiger partial charge in [0.2, 0.25) is 0 Å². The van der Waals surface area contributed by atoms with E-state index >= 15 is 0 Å². The van der Waals surface area contributed by atoms with Crippen LogP contribution in [0.4, 0.5) is 0 Å². The monoisotopic (exact) mass is 375 g/mol. The highest BCUT2D eigenvalue weighted by molar-refractivity contribution is 7.80. The van der Waals surface area contributed by atoms with Crippen LogP contribution in [0.2, 0.25) is 0 Å². The van der Waals surface area contributed by atoms with Gasteiger partial charge in [-0.1, -0.05) is 25.1 Å². The van der Waals surface area contributed by atoms with E-state index in [1.807, 2.05) is 25.1 Å². The molecule has 140 valence electrons. The molecule has 1 heterocycles. The normalized spacial score (nSPS) is 10.7. The minimum absolute atomic E-state index is 0.120. The number of fused-ring (bicyclic) bond motifs is 1. The first-order valence-corrected chi connectivity index (χ1v) is 9.12. The van der Waals surface area contributed by atoms with Crippen LogP contribution < -0.4 is 11.1 Å². The van der Waals surface area contributed by atoms with Crippen LogP contribution in [-0.2, 0) is 9.53 Å². The van der Waals surface area contributed by atoms with Crippen LogP contribution >= 0.6 is 12.2 Å². The number of nitrogens with two attached hydrogens (primary N) is 1. The fourth-order valence-electron chi connectivity index (χ4n) is 2.85. The molecule has 0 aliphatic rings. The van der Waals surface area contributed by atoms with E-state index in [0.29, 0.717) is 23.6 Å². The fraction of sp³-hybridized carbons (Fsp3) is 0.421. The zero-order valence-corrected chi connectivity index (χ0v) is 16.0. The Morgan fingerprint density at radius 2 is 1.96 bits per heavy atom. The van der Waals surface area contributed by atoms with E-state index in [9.17, 15) is 9.59 Å². The average molecular weight is 375 g/mol. The molecular weight excluding hydrogens is 350 g/mol. The number of ether oxygens (including phenoxy) is 1. The van der Waals surface area contributed by atoms with Gasteiger partial charge in [-0.25, -0.2) is 0 Å². The molecular formula is C19H25N3O3S. The zero-order chi connectivity index (χ0) is 19.1. The van der Waals surface area contributed by atoms with Gasteiger partial charge in [-0.2, -0.15) is 0 Å². The number of unbranched alkanes of at least 4 members (excludes halogenated alkanes) is 3. The number of H-pyrrole nitrogens is 1. The first-order chi connectivity index (χ1) is 12.4. The number of methoxy groups -OCH3 is 1. The molecule has 4 N–H and O–H groups in total. The highest BCUT2D eigenvalue weighted by Gasteiger charge is 2.15. The van der Waals surface area contributed by atoms with E-state index in [1.54, 1.807) is 0 Å². The lowest BCUT2D eigenvalue weighted by molar-refractivity contribution is -0.140. The zero-order valence-electron chi connectivity index (χ0n) is 15.2. The number of aryl methyl sites for hydroxylation is 1. The Hall–Kier alpha value is -2.41. The second-order valence-corrected chi connectivity index (χ2v) is 6.69. The van der Waals surface area contributed by atoms with Gasteiger partial charge >= 0.3 is 5.97 Å². The predicted octanol–water partition coefficient (Wildman–Crippen LogP) is 2.96. The van der Waals surface area contributed by atoms with Crippen LogP contribution in [0.25, 0.3) is 10.9 Å². The van der Waals surface area contributed by atoms with Crippen molar-refractivity contribution in [1.82, 2.24) is 10.3 Å². The van der Waals surface area contributed by atoms with Crippen LogP contribution in [0.15, 0.2) is 18.2 Å². The van der Waals surface area contributed by atoms with Gasteiger partial charge in [0.1, 0.15) is 10.7 Å². The molecule has 0 bridgehead atoms. The van der Waals surface area contributed by atoms with Gasteiger partial charge in [0.25, 0.3) is 5.91 Å². The summed E-state index contributed by atoms with van der Waals surface area (Å²) in [5.74, 6) is -0.295. The molecule has 0 saturated heterocycles. The van der Waals surface area contributed by atoms with Crippen molar-refractivity contribution in [3.63, 3.8) is 0 Å². The number of carbonyl (C=O) groups is 2. The van der Waals surface area contributed by atoms with Crippen LogP contribution in [0.1, 0.15) is 53.7 Å². The van der Waals surface area contributed by atoms with Gasteiger partial charge in [-0.15, -0.1) is 0 Å². The molecule has 26 heavy (non-hydrogen) atoms. The number of amides is 1. The van der Waals surface area contributed by atoms with Gasteiger partial charge in [0.05, 0.1) is 7.11 Å². The highest BCUT2D eigenvalue weighted by Crippen LogP contribution is 2.23. The Labute approximate surface area is 158 Å². The van der Waals surface area contributed by atoms with Gasteiger partial charge in [0.15, 0.2) is 0 Å². The largest absolute Gasteiger partial charge is 0.469 e. The lowest BCUT2D eigenvalue weighted by atomic mass is 10.1. The number of thiocarbonyl (C=S) groups is 1. The Morgan fingerprint density at radius 3 is 2.65 bits per heavy atom. The van der Waals surface area contributed by atoms with Crippen molar-refractivity contribution in [3.8, 4) is 0 Å². The number of aromatic nitrogens is 1. The number of benzene rings is 1. The lowest BCUT2D eigenvalue weighted by Crippen LogP contribution is -2.25. The average Bonchev–Trinajstić information content (AvgIpc) is 2.96. The van der Waals surface area contributed by atoms with Crippen LogP contribution in [0.3, 0.4) is 0 Å². The summed E-state index contributed by atoms with van der Waals surface area (Å²) in [6.45, 7) is 2.51. The smallest absolute Gasteiger partial charge is 0.305 e. The molecule has 2 aromatic rings. The SMILES string of the molecule is COC(=O)CCCCCCNC(=O)c1[nH]c2ccc(C(N)=S)cc2c1C. The third-order valence-electron chi connectivity index (χ3n) is 4.39. The molecule has 6 nitrogen and oxygen atoms in total. The standard InChI is InChI=1S/C19H25N3O3S/c1-12-14-11-13(18(20)26)8-9-15(14)22-17(12)19(24)21-10-6-4-3-5-7-16(23)25-2/h8-9,11,22H,3-7,10H2,1-2H3,(H2,20,26)(H,21,24). The third-order valence-corrected chi connectivity index (χ3v) is 4.63. The molecule has 0 unspecified atom stereocenters.